The van der Waals surface area contributed by atoms with Crippen molar-refractivity contribution in [3.05, 3.63) is 53.9 Å². The minimum absolute atomic E-state index is 0. The summed E-state index contributed by atoms with van der Waals surface area (Å²) in [5.41, 5.74) is 0.828. The maximum atomic E-state index is 11.9. The number of halogens is 1. The monoisotopic (exact) mass is 352 g/mol. The standard InChI is InChI=1S/C17H20N2O4.ClH/c1-11(2)19-10-15(21)12-5-6-16(14(20)8-12)23-17(22)13-4-3-7-18-9-13;/h3-9,11,15,19-21H,10H2,1-2H3;1H. The molecule has 24 heavy (non-hydrogen) atoms. The van der Waals surface area contributed by atoms with Crippen LogP contribution in [0.15, 0.2) is 42.7 Å². The lowest BCUT2D eigenvalue weighted by molar-refractivity contribution is 0.0729. The number of phenols is 1. The van der Waals surface area contributed by atoms with Crippen molar-refractivity contribution < 1.29 is 19.7 Å². The molecule has 3 N–H and O–H groups in total. The number of hydrogen-bond donors (Lipinski definition) is 3. The number of pyridine rings is 1. The van der Waals surface area contributed by atoms with Crippen LogP contribution in [0, 0.1) is 0 Å². The summed E-state index contributed by atoms with van der Waals surface area (Å²) in [7, 11) is 0. The fourth-order valence-corrected chi connectivity index (χ4v) is 1.94. The Bertz CT molecular complexity index is 665. The molecule has 1 unspecified atom stereocenters. The molecule has 1 aromatic carbocycles. The SMILES string of the molecule is CC(C)NCC(O)c1ccc(OC(=O)c2cccnc2)c(O)c1.Cl. The number of ether oxygens (including phenoxy) is 1. The van der Waals surface area contributed by atoms with Crippen molar-refractivity contribution in [1.29, 1.82) is 0 Å². The minimum atomic E-state index is -0.758. The number of phenolic OH excluding ortho intramolecular Hbond substituents is 1. The average molecular weight is 353 g/mol. The lowest BCUT2D eigenvalue weighted by atomic mass is 10.1. The molecule has 0 saturated carbocycles. The Kier molecular flexibility index (Phi) is 7.64. The Balaban J connectivity index is 0.00000288. The molecule has 0 spiro atoms. The van der Waals surface area contributed by atoms with E-state index in [1.54, 1.807) is 24.4 Å². The number of aliphatic hydroxyl groups is 1. The maximum Gasteiger partial charge on any atom is 0.345 e. The molecule has 0 aliphatic heterocycles. The molecule has 0 fully saturated rings. The third-order valence-corrected chi connectivity index (χ3v) is 3.19. The summed E-state index contributed by atoms with van der Waals surface area (Å²) in [4.78, 5) is 15.8. The van der Waals surface area contributed by atoms with E-state index in [2.05, 4.69) is 10.3 Å². The minimum Gasteiger partial charge on any atom is -0.504 e. The first-order valence-corrected chi connectivity index (χ1v) is 7.34. The van der Waals surface area contributed by atoms with Gasteiger partial charge in [0.05, 0.1) is 11.7 Å². The highest BCUT2D eigenvalue weighted by molar-refractivity contribution is 5.90. The lowest BCUT2D eigenvalue weighted by Crippen LogP contribution is -2.27. The van der Waals surface area contributed by atoms with E-state index in [0.717, 1.165) is 0 Å². The van der Waals surface area contributed by atoms with Gasteiger partial charge in [-0.05, 0) is 29.8 Å². The van der Waals surface area contributed by atoms with Gasteiger partial charge < -0.3 is 20.3 Å². The van der Waals surface area contributed by atoms with Crippen LogP contribution in [-0.4, -0.2) is 33.8 Å². The topological polar surface area (TPSA) is 91.7 Å². The van der Waals surface area contributed by atoms with Crippen molar-refractivity contribution in [2.45, 2.75) is 26.0 Å². The van der Waals surface area contributed by atoms with E-state index in [9.17, 15) is 15.0 Å². The summed E-state index contributed by atoms with van der Waals surface area (Å²) in [6.45, 7) is 4.32. The maximum absolute atomic E-state index is 11.9. The number of aromatic hydroxyl groups is 1. The zero-order valence-electron chi connectivity index (χ0n) is 13.5. The number of aliphatic hydroxyl groups excluding tert-OH is 1. The zero-order chi connectivity index (χ0) is 16.8. The zero-order valence-corrected chi connectivity index (χ0v) is 14.3. The van der Waals surface area contributed by atoms with Crippen LogP contribution in [0.5, 0.6) is 11.5 Å². The molecule has 0 radical (unpaired) electrons. The van der Waals surface area contributed by atoms with Gasteiger partial charge in [-0.15, -0.1) is 12.4 Å². The third kappa shape index (κ3) is 5.49. The second-order valence-corrected chi connectivity index (χ2v) is 5.44. The summed E-state index contributed by atoms with van der Waals surface area (Å²) >= 11 is 0. The number of carbonyl (C=O) groups is 1. The molecule has 2 rings (SSSR count). The molecule has 1 heterocycles. The second kappa shape index (κ2) is 9.22. The molecule has 7 heteroatoms. The Hall–Kier alpha value is -2.15. The number of nitrogens with zero attached hydrogens (tertiary/aromatic N) is 1. The van der Waals surface area contributed by atoms with Crippen molar-refractivity contribution in [3.63, 3.8) is 0 Å². The van der Waals surface area contributed by atoms with Gasteiger partial charge in [0.25, 0.3) is 0 Å². The number of benzene rings is 1. The van der Waals surface area contributed by atoms with E-state index in [-0.39, 0.29) is 35.5 Å². The second-order valence-electron chi connectivity index (χ2n) is 5.44. The largest absolute Gasteiger partial charge is 0.504 e. The van der Waals surface area contributed by atoms with Crippen LogP contribution in [0.25, 0.3) is 0 Å². The summed E-state index contributed by atoms with van der Waals surface area (Å²) in [6.07, 6.45) is 2.18. The molecule has 6 nitrogen and oxygen atoms in total. The van der Waals surface area contributed by atoms with Gasteiger partial charge in [0.1, 0.15) is 0 Å². The van der Waals surface area contributed by atoms with E-state index in [1.807, 2.05) is 13.8 Å². The van der Waals surface area contributed by atoms with Crippen molar-refractivity contribution >= 4 is 18.4 Å². The van der Waals surface area contributed by atoms with E-state index in [0.29, 0.717) is 12.1 Å². The van der Waals surface area contributed by atoms with Gasteiger partial charge in [-0.25, -0.2) is 4.79 Å². The molecule has 0 amide bonds. The number of esters is 1. The molecule has 0 aliphatic rings. The highest BCUT2D eigenvalue weighted by Crippen LogP contribution is 2.29. The van der Waals surface area contributed by atoms with Crippen LogP contribution in [0.4, 0.5) is 0 Å². The normalized spacial score (nSPS) is 11.7. The predicted octanol–water partition coefficient (Wildman–Crippen LogP) is 2.46. The number of carbonyl (C=O) groups excluding carboxylic acids is 1. The number of hydrogen-bond acceptors (Lipinski definition) is 6. The fraction of sp³-hybridized carbons (Fsp3) is 0.294. The van der Waals surface area contributed by atoms with Gasteiger partial charge in [0.15, 0.2) is 11.5 Å². The molecule has 1 atom stereocenters. The predicted molar refractivity (Wildman–Crippen MR) is 92.6 cm³/mol. The van der Waals surface area contributed by atoms with E-state index in [1.165, 1.54) is 18.3 Å². The van der Waals surface area contributed by atoms with Gasteiger partial charge in [0.2, 0.25) is 0 Å². The van der Waals surface area contributed by atoms with E-state index >= 15 is 0 Å². The van der Waals surface area contributed by atoms with Crippen molar-refractivity contribution in [3.8, 4) is 11.5 Å². The first-order valence-electron chi connectivity index (χ1n) is 7.34. The molecule has 0 saturated heterocycles. The van der Waals surface area contributed by atoms with Crippen LogP contribution in [0.1, 0.15) is 35.9 Å². The van der Waals surface area contributed by atoms with Gasteiger partial charge in [0, 0.05) is 25.0 Å². The molecule has 2 aromatic rings. The van der Waals surface area contributed by atoms with Crippen LogP contribution in [0.3, 0.4) is 0 Å². The smallest absolute Gasteiger partial charge is 0.345 e. The first-order chi connectivity index (χ1) is 11.0. The highest BCUT2D eigenvalue weighted by Gasteiger charge is 2.15. The third-order valence-electron chi connectivity index (χ3n) is 3.19. The number of aromatic nitrogens is 1. The Morgan fingerprint density at radius 1 is 1.33 bits per heavy atom. The quantitative estimate of drug-likeness (QED) is 0.546. The van der Waals surface area contributed by atoms with Gasteiger partial charge in [-0.2, -0.15) is 0 Å². The molecule has 0 bridgehead atoms. The summed E-state index contributed by atoms with van der Waals surface area (Å²) in [5.74, 6) is -0.780. The molecular formula is C17H21ClN2O4. The van der Waals surface area contributed by atoms with E-state index < -0.39 is 12.1 Å². The van der Waals surface area contributed by atoms with Crippen LogP contribution >= 0.6 is 12.4 Å². The first kappa shape index (κ1) is 19.9. The molecular weight excluding hydrogens is 332 g/mol. The fourth-order valence-electron chi connectivity index (χ4n) is 1.94. The Morgan fingerprint density at radius 2 is 2.08 bits per heavy atom. The Labute approximate surface area is 146 Å². The lowest BCUT2D eigenvalue weighted by Gasteiger charge is -2.15. The summed E-state index contributed by atoms with van der Waals surface area (Å²) in [5, 5.41) is 23.2. The molecule has 130 valence electrons. The number of rotatable bonds is 6. The van der Waals surface area contributed by atoms with Gasteiger partial charge in [-0.3, -0.25) is 4.98 Å². The summed E-state index contributed by atoms with van der Waals surface area (Å²) < 4.78 is 5.14. The highest BCUT2D eigenvalue weighted by atomic mass is 35.5. The Morgan fingerprint density at radius 3 is 2.67 bits per heavy atom. The number of nitrogens with one attached hydrogen (secondary N) is 1. The molecule has 1 aromatic heterocycles. The van der Waals surface area contributed by atoms with E-state index in [4.69, 9.17) is 4.74 Å². The average Bonchev–Trinajstić information content (AvgIpc) is 2.55. The van der Waals surface area contributed by atoms with Crippen LogP contribution in [-0.2, 0) is 0 Å². The molecule has 0 aliphatic carbocycles. The van der Waals surface area contributed by atoms with Gasteiger partial charge >= 0.3 is 5.97 Å². The van der Waals surface area contributed by atoms with Crippen LogP contribution in [0.2, 0.25) is 0 Å². The van der Waals surface area contributed by atoms with Crippen molar-refractivity contribution in [2.75, 3.05) is 6.54 Å². The summed E-state index contributed by atoms with van der Waals surface area (Å²) in [6, 6.07) is 7.89. The van der Waals surface area contributed by atoms with Crippen molar-refractivity contribution in [2.24, 2.45) is 0 Å². The van der Waals surface area contributed by atoms with Gasteiger partial charge in [-0.1, -0.05) is 19.9 Å². The van der Waals surface area contributed by atoms with Crippen LogP contribution < -0.4 is 10.1 Å². The van der Waals surface area contributed by atoms with Crippen molar-refractivity contribution in [1.82, 2.24) is 10.3 Å².